The molecule has 0 fully saturated rings. The SMILES string of the molecule is COC(=O)CSc1cc(/N=c2\sc(=O)n3n2CCCC3)c(F)cc1Cl.CSc1nnc(C(C)(C)C)c(=O)n1N. The second kappa shape index (κ2) is 13.2. The molecule has 0 amide bonds. The first-order valence-corrected chi connectivity index (χ1v) is 15.1. The number of thioether (sulfide) groups is 2. The maximum absolute atomic E-state index is 14.3. The predicted octanol–water partition coefficient (Wildman–Crippen LogP) is 3.17. The van der Waals surface area contributed by atoms with Crippen LogP contribution in [0.2, 0.25) is 5.02 Å². The minimum absolute atomic E-state index is 0.0605. The highest BCUT2D eigenvalue weighted by Crippen LogP contribution is 2.33. The lowest BCUT2D eigenvalue weighted by atomic mass is 9.93. The van der Waals surface area contributed by atoms with Crippen molar-refractivity contribution in [1.82, 2.24) is 24.2 Å². The highest BCUT2D eigenvalue weighted by Gasteiger charge is 2.22. The lowest BCUT2D eigenvalue weighted by Gasteiger charge is -2.16. The molecule has 0 radical (unpaired) electrons. The number of esters is 1. The Kier molecular flexibility index (Phi) is 10.4. The number of aromatic nitrogens is 5. The van der Waals surface area contributed by atoms with E-state index in [2.05, 4.69) is 19.9 Å². The van der Waals surface area contributed by atoms with Gasteiger partial charge in [0.25, 0.3) is 5.56 Å². The van der Waals surface area contributed by atoms with Crippen molar-refractivity contribution in [1.29, 1.82) is 0 Å². The van der Waals surface area contributed by atoms with Gasteiger partial charge in [0.1, 0.15) is 17.2 Å². The predicted molar refractivity (Wildman–Crippen MR) is 152 cm³/mol. The van der Waals surface area contributed by atoms with Crippen LogP contribution in [-0.4, -0.2) is 49.3 Å². The van der Waals surface area contributed by atoms with Crippen molar-refractivity contribution in [2.75, 3.05) is 25.0 Å². The molecule has 1 aliphatic heterocycles. The van der Waals surface area contributed by atoms with Crippen LogP contribution in [0.1, 0.15) is 39.3 Å². The van der Waals surface area contributed by atoms with Gasteiger partial charge < -0.3 is 10.6 Å². The smallest absolute Gasteiger partial charge is 0.325 e. The van der Waals surface area contributed by atoms with Gasteiger partial charge in [-0.25, -0.2) is 14.1 Å². The van der Waals surface area contributed by atoms with Gasteiger partial charge in [-0.2, -0.15) is 4.68 Å². The quantitative estimate of drug-likeness (QED) is 0.260. The molecule has 16 heteroatoms. The Morgan fingerprint density at radius 1 is 1.23 bits per heavy atom. The van der Waals surface area contributed by atoms with Gasteiger partial charge >= 0.3 is 10.8 Å². The third-order valence-corrected chi connectivity index (χ3v) is 8.41. The van der Waals surface area contributed by atoms with E-state index in [0.29, 0.717) is 33.6 Å². The fraction of sp³-hybridized carbons (Fsp3) is 0.478. The van der Waals surface area contributed by atoms with Crippen LogP contribution < -0.4 is 21.1 Å². The zero-order valence-electron chi connectivity index (χ0n) is 22.1. The number of methoxy groups -OCH3 is 1. The molecular formula is C23H29ClFN7O4S3. The Balaban J connectivity index is 0.000000255. The molecule has 0 atom stereocenters. The summed E-state index contributed by atoms with van der Waals surface area (Å²) >= 11 is 9.46. The highest BCUT2D eigenvalue weighted by molar-refractivity contribution is 8.00. The molecule has 2 aromatic heterocycles. The number of rotatable bonds is 5. The summed E-state index contributed by atoms with van der Waals surface area (Å²) in [7, 11) is 1.30. The molecule has 0 bridgehead atoms. The average molecular weight is 618 g/mol. The van der Waals surface area contributed by atoms with Crippen molar-refractivity contribution in [2.24, 2.45) is 4.99 Å². The van der Waals surface area contributed by atoms with E-state index in [1.54, 1.807) is 15.6 Å². The third-order valence-electron chi connectivity index (χ3n) is 5.44. The molecule has 39 heavy (non-hydrogen) atoms. The number of nitrogens with two attached hydrogens (primary N) is 1. The van der Waals surface area contributed by atoms with Gasteiger partial charge in [-0.15, -0.1) is 22.0 Å². The number of hydrogen-bond acceptors (Lipinski definition) is 11. The zero-order valence-corrected chi connectivity index (χ0v) is 25.3. The van der Waals surface area contributed by atoms with Gasteiger partial charge in [-0.05, 0) is 42.6 Å². The topological polar surface area (TPSA) is 139 Å². The molecule has 212 valence electrons. The summed E-state index contributed by atoms with van der Waals surface area (Å²) in [5.41, 5.74) is -0.142. The molecule has 11 nitrogen and oxygen atoms in total. The first kappa shape index (κ1) is 30.9. The van der Waals surface area contributed by atoms with Gasteiger partial charge in [0, 0.05) is 23.4 Å². The maximum Gasteiger partial charge on any atom is 0.325 e. The largest absolute Gasteiger partial charge is 0.468 e. The van der Waals surface area contributed by atoms with E-state index < -0.39 is 11.8 Å². The van der Waals surface area contributed by atoms with Gasteiger partial charge in [0.15, 0.2) is 0 Å². The van der Waals surface area contributed by atoms with Crippen LogP contribution in [0.4, 0.5) is 10.1 Å². The highest BCUT2D eigenvalue weighted by atomic mass is 35.5. The summed E-state index contributed by atoms with van der Waals surface area (Å²) in [4.78, 5) is 40.2. The summed E-state index contributed by atoms with van der Waals surface area (Å²) in [6.07, 6.45) is 3.69. The van der Waals surface area contributed by atoms with Crippen LogP contribution >= 0.6 is 46.5 Å². The Morgan fingerprint density at radius 3 is 2.51 bits per heavy atom. The number of hydrogen-bond donors (Lipinski definition) is 1. The third kappa shape index (κ3) is 7.52. The monoisotopic (exact) mass is 617 g/mol. The van der Waals surface area contributed by atoms with E-state index in [1.807, 2.05) is 20.8 Å². The lowest BCUT2D eigenvalue weighted by molar-refractivity contribution is -0.137. The summed E-state index contributed by atoms with van der Waals surface area (Å²) < 4.78 is 23.3. The summed E-state index contributed by atoms with van der Waals surface area (Å²) in [5, 5.41) is 8.39. The Hall–Kier alpha value is -2.62. The van der Waals surface area contributed by atoms with E-state index in [-0.39, 0.29) is 32.3 Å². The molecule has 4 rings (SSSR count). The second-order valence-electron chi connectivity index (χ2n) is 9.28. The Morgan fingerprint density at radius 2 is 1.90 bits per heavy atom. The normalized spacial score (nSPS) is 13.5. The summed E-state index contributed by atoms with van der Waals surface area (Å²) in [6.45, 7) is 7.02. The number of fused-ring (bicyclic) bond motifs is 1. The first-order chi connectivity index (χ1) is 18.4. The first-order valence-electron chi connectivity index (χ1n) is 11.7. The minimum atomic E-state index is -0.580. The van der Waals surface area contributed by atoms with E-state index in [9.17, 15) is 18.8 Å². The average Bonchev–Trinajstić information content (AvgIpc) is 3.21. The number of nitrogens with zero attached hydrogens (tertiary/aromatic N) is 6. The molecule has 1 aromatic carbocycles. The lowest BCUT2D eigenvalue weighted by Crippen LogP contribution is -2.37. The molecule has 0 saturated carbocycles. The fourth-order valence-electron chi connectivity index (χ4n) is 3.43. The molecule has 3 heterocycles. The van der Waals surface area contributed by atoms with Gasteiger partial charge in [0.05, 0.1) is 17.9 Å². The summed E-state index contributed by atoms with van der Waals surface area (Å²) in [5.74, 6) is 4.65. The molecule has 0 spiro atoms. The van der Waals surface area contributed by atoms with Crippen LogP contribution in [-0.2, 0) is 28.0 Å². The minimum Gasteiger partial charge on any atom is -0.468 e. The fourth-order valence-corrected chi connectivity index (χ4v) is 5.82. The van der Waals surface area contributed by atoms with Crippen LogP contribution in [0, 0.1) is 5.82 Å². The molecule has 0 saturated heterocycles. The standard InChI is InChI=1S/C15H15ClFN3O3S2.C8H14N4OS/c1-23-13(21)8-24-12-7-11(10(17)6-9(12)16)18-14-19-4-2-3-5-20(19)15(22)25-14;1-8(2,3)5-6(13)12(9)7(14-4)11-10-5/h6-7H,2-5,8H2,1H3;9H2,1-4H3/b18-14-;. The van der Waals surface area contributed by atoms with Crippen molar-refractivity contribution >= 4 is 58.1 Å². The number of ether oxygens (including phenoxy) is 1. The van der Waals surface area contributed by atoms with Crippen LogP contribution in [0.25, 0.3) is 0 Å². The molecule has 2 N–H and O–H groups in total. The number of benzene rings is 1. The van der Waals surface area contributed by atoms with E-state index in [4.69, 9.17) is 17.4 Å². The van der Waals surface area contributed by atoms with Crippen molar-refractivity contribution < 1.29 is 13.9 Å². The van der Waals surface area contributed by atoms with Crippen molar-refractivity contribution in [2.45, 2.75) is 62.2 Å². The maximum atomic E-state index is 14.3. The van der Waals surface area contributed by atoms with Crippen molar-refractivity contribution in [3.8, 4) is 0 Å². The van der Waals surface area contributed by atoms with E-state index in [1.165, 1.54) is 24.9 Å². The van der Waals surface area contributed by atoms with Gasteiger partial charge in [-0.1, -0.05) is 44.1 Å². The Labute approximate surface area is 241 Å². The molecule has 1 aliphatic rings. The van der Waals surface area contributed by atoms with E-state index in [0.717, 1.165) is 46.7 Å². The van der Waals surface area contributed by atoms with Crippen LogP contribution in [0.5, 0.6) is 0 Å². The van der Waals surface area contributed by atoms with Crippen LogP contribution in [0.15, 0.2) is 36.8 Å². The second-order valence-corrected chi connectivity index (χ2v) is 12.4. The summed E-state index contributed by atoms with van der Waals surface area (Å²) in [6, 6.07) is 2.64. The van der Waals surface area contributed by atoms with Crippen LogP contribution in [0.3, 0.4) is 0 Å². The van der Waals surface area contributed by atoms with Gasteiger partial charge in [-0.3, -0.25) is 19.1 Å². The molecule has 0 unspecified atom stereocenters. The molecule has 3 aromatic rings. The number of halogens is 2. The number of nitrogen functional groups attached to an aromatic ring is 1. The zero-order chi connectivity index (χ0) is 28.9. The van der Waals surface area contributed by atoms with Crippen molar-refractivity contribution in [3.63, 3.8) is 0 Å². The number of carbonyl (C=O) groups excluding carboxylic acids is 1. The molecular weight excluding hydrogens is 589 g/mol. The molecule has 0 aliphatic carbocycles. The Bertz CT molecular complexity index is 1540. The van der Waals surface area contributed by atoms with Gasteiger partial charge in [0.2, 0.25) is 9.96 Å². The number of carbonyl (C=O) groups is 1. The van der Waals surface area contributed by atoms with E-state index >= 15 is 0 Å². The van der Waals surface area contributed by atoms with Crippen molar-refractivity contribution in [3.05, 3.63) is 53.5 Å².